The van der Waals surface area contributed by atoms with Crippen LogP contribution in [0.25, 0.3) is 0 Å². The van der Waals surface area contributed by atoms with Crippen LogP contribution in [0.2, 0.25) is 0 Å². The first kappa shape index (κ1) is 13.5. The maximum absolute atomic E-state index is 4.16. The quantitative estimate of drug-likeness (QED) is 0.470. The van der Waals surface area contributed by atoms with E-state index in [2.05, 4.69) is 36.1 Å². The van der Waals surface area contributed by atoms with Gasteiger partial charge in [-0.25, -0.2) is 9.97 Å². The topological polar surface area (TPSA) is 37.8 Å². The van der Waals surface area contributed by atoms with Crippen LogP contribution in [0.5, 0.6) is 0 Å². The number of thioether (sulfide) groups is 1. The Morgan fingerprint density at radius 1 is 1.19 bits per heavy atom. The zero-order chi connectivity index (χ0) is 11.9. The van der Waals surface area contributed by atoms with E-state index >= 15 is 0 Å². The van der Waals surface area contributed by atoms with Gasteiger partial charge in [-0.15, -0.1) is 0 Å². The first-order valence-electron chi connectivity index (χ1n) is 5.68. The van der Waals surface area contributed by atoms with Crippen LogP contribution >= 0.6 is 11.8 Å². The third-order valence-corrected chi connectivity index (χ3v) is 2.98. The van der Waals surface area contributed by atoms with E-state index in [-0.39, 0.29) is 0 Å². The van der Waals surface area contributed by atoms with E-state index in [1.165, 1.54) is 6.42 Å². The molecular formula is C12H21N3S. The standard InChI is InChI=1S/C12H21N3S/c1-12(2,3)5-8-13-9-10-16-11-14-6-4-7-15-11/h4,6-7,13H,5,8-10H2,1-3H3. The van der Waals surface area contributed by atoms with Crippen molar-refractivity contribution >= 4 is 11.8 Å². The summed E-state index contributed by atoms with van der Waals surface area (Å²) >= 11 is 1.69. The Morgan fingerprint density at radius 3 is 2.50 bits per heavy atom. The molecule has 0 bridgehead atoms. The Kier molecular flexibility index (Phi) is 5.77. The molecular weight excluding hydrogens is 218 g/mol. The van der Waals surface area contributed by atoms with Crippen LogP contribution < -0.4 is 5.32 Å². The van der Waals surface area contributed by atoms with Crippen LogP contribution in [-0.2, 0) is 0 Å². The average Bonchev–Trinajstić information content (AvgIpc) is 2.23. The van der Waals surface area contributed by atoms with E-state index in [9.17, 15) is 0 Å². The minimum atomic E-state index is 0.419. The van der Waals surface area contributed by atoms with Crippen LogP contribution in [0.4, 0.5) is 0 Å². The molecule has 0 atom stereocenters. The second kappa shape index (κ2) is 6.86. The molecule has 0 amide bonds. The van der Waals surface area contributed by atoms with Gasteiger partial charge in [-0.3, -0.25) is 0 Å². The van der Waals surface area contributed by atoms with Crippen LogP contribution in [0.1, 0.15) is 27.2 Å². The minimum Gasteiger partial charge on any atom is -0.316 e. The molecule has 0 aromatic carbocycles. The molecule has 0 unspecified atom stereocenters. The van der Waals surface area contributed by atoms with Gasteiger partial charge in [0.15, 0.2) is 5.16 Å². The van der Waals surface area contributed by atoms with E-state index in [4.69, 9.17) is 0 Å². The van der Waals surface area contributed by atoms with Gasteiger partial charge in [-0.05, 0) is 24.4 Å². The van der Waals surface area contributed by atoms with Gasteiger partial charge in [-0.1, -0.05) is 32.5 Å². The molecule has 0 saturated heterocycles. The Morgan fingerprint density at radius 2 is 1.88 bits per heavy atom. The molecule has 1 rings (SSSR count). The number of rotatable bonds is 6. The van der Waals surface area contributed by atoms with Crippen molar-refractivity contribution in [3.05, 3.63) is 18.5 Å². The van der Waals surface area contributed by atoms with Crippen molar-refractivity contribution in [2.45, 2.75) is 32.3 Å². The molecule has 90 valence electrons. The molecule has 1 aromatic rings. The SMILES string of the molecule is CC(C)(C)CCNCCSc1ncccn1. The van der Waals surface area contributed by atoms with Crippen LogP contribution in [0.15, 0.2) is 23.6 Å². The molecule has 0 fully saturated rings. The predicted molar refractivity (Wildman–Crippen MR) is 69.7 cm³/mol. The molecule has 0 aliphatic heterocycles. The fourth-order valence-electron chi connectivity index (χ4n) is 1.16. The highest BCUT2D eigenvalue weighted by atomic mass is 32.2. The summed E-state index contributed by atoms with van der Waals surface area (Å²) in [6, 6.07) is 1.84. The maximum Gasteiger partial charge on any atom is 0.187 e. The van der Waals surface area contributed by atoms with Gasteiger partial charge in [0, 0.05) is 24.7 Å². The van der Waals surface area contributed by atoms with Crippen LogP contribution in [0.3, 0.4) is 0 Å². The lowest BCUT2D eigenvalue weighted by Gasteiger charge is -2.17. The summed E-state index contributed by atoms with van der Waals surface area (Å²) in [4.78, 5) is 8.32. The number of hydrogen-bond acceptors (Lipinski definition) is 4. The van der Waals surface area contributed by atoms with E-state index in [1.54, 1.807) is 24.2 Å². The van der Waals surface area contributed by atoms with Gasteiger partial charge in [-0.2, -0.15) is 0 Å². The zero-order valence-electron chi connectivity index (χ0n) is 10.4. The Labute approximate surface area is 102 Å². The van der Waals surface area contributed by atoms with Gasteiger partial charge in [0.05, 0.1) is 0 Å². The highest BCUT2D eigenvalue weighted by Gasteiger charge is 2.08. The molecule has 0 radical (unpaired) electrons. The van der Waals surface area contributed by atoms with Gasteiger partial charge in [0.1, 0.15) is 0 Å². The average molecular weight is 239 g/mol. The summed E-state index contributed by atoms with van der Waals surface area (Å²) in [6.07, 6.45) is 4.77. The highest BCUT2D eigenvalue weighted by Crippen LogP contribution is 2.17. The normalized spacial score (nSPS) is 11.7. The van der Waals surface area contributed by atoms with Gasteiger partial charge in [0.25, 0.3) is 0 Å². The third kappa shape index (κ3) is 6.80. The lowest BCUT2D eigenvalue weighted by molar-refractivity contribution is 0.369. The van der Waals surface area contributed by atoms with Crippen molar-refractivity contribution in [2.24, 2.45) is 5.41 Å². The summed E-state index contributed by atoms with van der Waals surface area (Å²) in [5.74, 6) is 1.02. The number of nitrogens with zero attached hydrogens (tertiary/aromatic N) is 2. The lowest BCUT2D eigenvalue weighted by Crippen LogP contribution is -2.22. The molecule has 0 spiro atoms. The number of aromatic nitrogens is 2. The van der Waals surface area contributed by atoms with Crippen molar-refractivity contribution < 1.29 is 0 Å². The highest BCUT2D eigenvalue weighted by molar-refractivity contribution is 7.99. The number of nitrogens with one attached hydrogen (secondary N) is 1. The molecule has 0 aliphatic carbocycles. The fraction of sp³-hybridized carbons (Fsp3) is 0.667. The van der Waals surface area contributed by atoms with E-state index in [0.29, 0.717) is 5.41 Å². The summed E-state index contributed by atoms with van der Waals surface area (Å²) in [7, 11) is 0. The first-order valence-corrected chi connectivity index (χ1v) is 6.67. The summed E-state index contributed by atoms with van der Waals surface area (Å²) in [6.45, 7) is 8.89. The minimum absolute atomic E-state index is 0.419. The van der Waals surface area contributed by atoms with Crippen molar-refractivity contribution in [1.82, 2.24) is 15.3 Å². The Hall–Kier alpha value is -0.610. The molecule has 1 N–H and O–H groups in total. The largest absolute Gasteiger partial charge is 0.316 e. The molecule has 3 nitrogen and oxygen atoms in total. The number of hydrogen-bond donors (Lipinski definition) is 1. The van der Waals surface area contributed by atoms with Crippen molar-refractivity contribution in [3.63, 3.8) is 0 Å². The second-order valence-electron chi connectivity index (χ2n) is 4.94. The molecule has 0 aliphatic rings. The van der Waals surface area contributed by atoms with Crippen LogP contribution in [0, 0.1) is 5.41 Å². The van der Waals surface area contributed by atoms with E-state index < -0.39 is 0 Å². The molecule has 0 saturated carbocycles. The monoisotopic (exact) mass is 239 g/mol. The zero-order valence-corrected chi connectivity index (χ0v) is 11.2. The summed E-state index contributed by atoms with van der Waals surface area (Å²) in [5, 5.41) is 4.30. The third-order valence-electron chi connectivity index (χ3n) is 2.10. The molecule has 4 heteroatoms. The second-order valence-corrected chi connectivity index (χ2v) is 6.00. The lowest BCUT2D eigenvalue weighted by atomic mass is 9.92. The summed E-state index contributed by atoms with van der Waals surface area (Å²) < 4.78 is 0. The fourth-order valence-corrected chi connectivity index (χ4v) is 1.86. The maximum atomic E-state index is 4.16. The predicted octanol–water partition coefficient (Wildman–Crippen LogP) is 2.59. The molecule has 16 heavy (non-hydrogen) atoms. The first-order chi connectivity index (χ1) is 7.58. The Bertz CT molecular complexity index is 282. The summed E-state index contributed by atoms with van der Waals surface area (Å²) in [5.41, 5.74) is 0.419. The van der Waals surface area contributed by atoms with Crippen molar-refractivity contribution in [2.75, 3.05) is 18.8 Å². The molecule has 1 heterocycles. The van der Waals surface area contributed by atoms with Gasteiger partial charge < -0.3 is 5.32 Å². The van der Waals surface area contributed by atoms with Crippen LogP contribution in [-0.4, -0.2) is 28.8 Å². The Balaban J connectivity index is 2.01. The van der Waals surface area contributed by atoms with E-state index in [1.807, 2.05) is 6.07 Å². The smallest absolute Gasteiger partial charge is 0.187 e. The van der Waals surface area contributed by atoms with E-state index in [0.717, 1.165) is 24.0 Å². The molecule has 1 aromatic heterocycles. The van der Waals surface area contributed by atoms with Gasteiger partial charge >= 0.3 is 0 Å². The van der Waals surface area contributed by atoms with Crippen molar-refractivity contribution in [3.8, 4) is 0 Å². The van der Waals surface area contributed by atoms with Gasteiger partial charge in [0.2, 0.25) is 0 Å². The van der Waals surface area contributed by atoms with Crippen molar-refractivity contribution in [1.29, 1.82) is 0 Å².